The normalized spacial score (nSPS) is 14.8. The van der Waals surface area contributed by atoms with Gasteiger partial charge in [0.05, 0.1) is 6.04 Å². The van der Waals surface area contributed by atoms with Crippen molar-refractivity contribution in [3.8, 4) is 0 Å². The average molecular weight is 272 g/mol. The van der Waals surface area contributed by atoms with E-state index in [1.807, 2.05) is 19.1 Å². The van der Waals surface area contributed by atoms with Crippen LogP contribution in [0.3, 0.4) is 0 Å². The van der Waals surface area contributed by atoms with Gasteiger partial charge in [0.25, 0.3) is 0 Å². The molecule has 0 saturated carbocycles. The minimum atomic E-state index is -0.239. The summed E-state index contributed by atoms with van der Waals surface area (Å²) in [5.41, 5.74) is 2.70. The molecule has 1 unspecified atom stereocenters. The predicted octanol–water partition coefficient (Wildman–Crippen LogP) is 1.94. The second kappa shape index (κ2) is 6.01. The highest BCUT2D eigenvalue weighted by atomic mass is 16.2. The molecule has 1 amide bonds. The van der Waals surface area contributed by atoms with E-state index in [0.29, 0.717) is 18.7 Å². The largest absolute Gasteiger partial charge is 0.312 e. The molecule has 0 saturated heterocycles. The third kappa shape index (κ3) is 2.80. The summed E-state index contributed by atoms with van der Waals surface area (Å²) in [5.74, 6) is 0.111. The molecule has 1 atom stereocenters. The van der Waals surface area contributed by atoms with Crippen LogP contribution in [-0.4, -0.2) is 30.8 Å². The Morgan fingerprint density at radius 1 is 1.50 bits per heavy atom. The molecule has 0 spiro atoms. The summed E-state index contributed by atoms with van der Waals surface area (Å²) in [6, 6.07) is 5.34. The van der Waals surface area contributed by atoms with Gasteiger partial charge in [-0.3, -0.25) is 9.59 Å². The molecule has 106 valence electrons. The Morgan fingerprint density at radius 3 is 2.90 bits per heavy atom. The van der Waals surface area contributed by atoms with Crippen LogP contribution < -0.4 is 10.2 Å². The number of hydrogen-bond donors (Lipinski definition) is 1. The van der Waals surface area contributed by atoms with Crippen LogP contribution in [0, 0.1) is 0 Å². The molecule has 1 aromatic carbocycles. The van der Waals surface area contributed by atoms with Crippen molar-refractivity contribution in [2.24, 2.45) is 0 Å². The van der Waals surface area contributed by atoms with Gasteiger partial charge in [-0.15, -0.1) is 6.58 Å². The Bertz CT molecular complexity index is 551. The second-order valence-electron chi connectivity index (χ2n) is 5.05. The van der Waals surface area contributed by atoms with E-state index in [-0.39, 0.29) is 17.7 Å². The molecular weight excluding hydrogens is 252 g/mol. The van der Waals surface area contributed by atoms with Crippen LogP contribution in [0.5, 0.6) is 0 Å². The number of amides is 1. The fourth-order valence-electron chi connectivity index (χ4n) is 2.48. The fraction of sp³-hybridized carbons (Fsp3) is 0.375. The number of Topliss-reactive ketones (excluding diaryl/α,β-unsaturated/α-hetero) is 1. The van der Waals surface area contributed by atoms with Crippen LogP contribution in [0.15, 0.2) is 30.9 Å². The molecule has 4 heteroatoms. The van der Waals surface area contributed by atoms with E-state index >= 15 is 0 Å². The topological polar surface area (TPSA) is 49.4 Å². The summed E-state index contributed by atoms with van der Waals surface area (Å²) >= 11 is 0. The highest BCUT2D eigenvalue weighted by molar-refractivity contribution is 6.01. The van der Waals surface area contributed by atoms with Gasteiger partial charge >= 0.3 is 0 Å². The second-order valence-corrected chi connectivity index (χ2v) is 5.05. The van der Waals surface area contributed by atoms with Gasteiger partial charge in [-0.1, -0.05) is 6.08 Å². The predicted molar refractivity (Wildman–Crippen MR) is 80.2 cm³/mol. The van der Waals surface area contributed by atoms with Gasteiger partial charge in [0.15, 0.2) is 5.78 Å². The number of ketones is 1. The first-order chi connectivity index (χ1) is 9.54. The lowest BCUT2D eigenvalue weighted by molar-refractivity contribution is -0.116. The van der Waals surface area contributed by atoms with Crippen molar-refractivity contribution >= 4 is 17.4 Å². The smallest absolute Gasteiger partial charge is 0.223 e. The number of fused-ring (bicyclic) bond motifs is 1. The van der Waals surface area contributed by atoms with Crippen LogP contribution in [0.25, 0.3) is 0 Å². The molecule has 20 heavy (non-hydrogen) atoms. The molecule has 1 aliphatic heterocycles. The highest BCUT2D eigenvalue weighted by Crippen LogP contribution is 2.29. The van der Waals surface area contributed by atoms with Crippen molar-refractivity contribution < 1.29 is 9.59 Å². The average Bonchev–Trinajstić information content (AvgIpc) is 2.86. The van der Waals surface area contributed by atoms with E-state index in [4.69, 9.17) is 0 Å². The van der Waals surface area contributed by atoms with Crippen LogP contribution in [-0.2, 0) is 11.2 Å². The first-order valence-corrected chi connectivity index (χ1v) is 6.84. The van der Waals surface area contributed by atoms with E-state index in [0.717, 1.165) is 17.7 Å². The number of carbonyl (C=O) groups is 2. The lowest BCUT2D eigenvalue weighted by Gasteiger charge is -2.15. The number of hydrogen-bond acceptors (Lipinski definition) is 3. The zero-order chi connectivity index (χ0) is 14.7. The Labute approximate surface area is 119 Å². The third-order valence-corrected chi connectivity index (χ3v) is 3.60. The minimum Gasteiger partial charge on any atom is -0.312 e. The van der Waals surface area contributed by atoms with Crippen molar-refractivity contribution in [3.63, 3.8) is 0 Å². The maximum absolute atomic E-state index is 12.3. The van der Waals surface area contributed by atoms with Gasteiger partial charge in [0.2, 0.25) is 5.91 Å². The van der Waals surface area contributed by atoms with Gasteiger partial charge in [0.1, 0.15) is 0 Å². The molecule has 1 aliphatic rings. The SMILES string of the molecule is C=CCNC(C)C(=O)c1ccc2c(c1)CCN2C(C)=O. The maximum atomic E-state index is 12.3. The van der Waals surface area contributed by atoms with E-state index < -0.39 is 0 Å². The molecule has 0 radical (unpaired) electrons. The van der Waals surface area contributed by atoms with Gasteiger partial charge in [-0.05, 0) is 37.1 Å². The number of benzene rings is 1. The Kier molecular flexibility index (Phi) is 4.35. The van der Waals surface area contributed by atoms with Crippen molar-refractivity contribution in [1.82, 2.24) is 5.32 Å². The fourth-order valence-corrected chi connectivity index (χ4v) is 2.48. The summed E-state index contributed by atoms with van der Waals surface area (Å²) in [6.07, 6.45) is 2.54. The number of nitrogens with zero attached hydrogens (tertiary/aromatic N) is 1. The summed E-state index contributed by atoms with van der Waals surface area (Å²) in [5, 5.41) is 3.09. The molecule has 0 fully saturated rings. The lowest BCUT2D eigenvalue weighted by Crippen LogP contribution is -2.34. The van der Waals surface area contributed by atoms with Gasteiger partial charge in [-0.25, -0.2) is 0 Å². The van der Waals surface area contributed by atoms with Crippen LogP contribution >= 0.6 is 0 Å². The number of rotatable bonds is 5. The molecule has 0 aliphatic carbocycles. The van der Waals surface area contributed by atoms with E-state index in [9.17, 15) is 9.59 Å². The minimum absolute atomic E-state index is 0.0452. The molecule has 1 aromatic rings. The van der Waals surface area contributed by atoms with E-state index in [1.165, 1.54) is 0 Å². The maximum Gasteiger partial charge on any atom is 0.223 e. The van der Waals surface area contributed by atoms with Crippen LogP contribution in [0.1, 0.15) is 29.8 Å². The highest BCUT2D eigenvalue weighted by Gasteiger charge is 2.24. The van der Waals surface area contributed by atoms with Crippen LogP contribution in [0.4, 0.5) is 5.69 Å². The number of nitrogens with one attached hydrogen (secondary N) is 1. The molecule has 1 heterocycles. The Hall–Kier alpha value is -1.94. The summed E-state index contributed by atoms with van der Waals surface area (Å²) in [7, 11) is 0. The standard InChI is InChI=1S/C16H20N2O2/c1-4-8-17-11(2)16(20)14-5-6-15-13(10-14)7-9-18(15)12(3)19/h4-6,10-11,17H,1,7-9H2,2-3H3. The lowest BCUT2D eigenvalue weighted by atomic mass is 10.0. The molecule has 0 bridgehead atoms. The van der Waals surface area contributed by atoms with E-state index in [1.54, 1.807) is 24.0 Å². The number of anilines is 1. The van der Waals surface area contributed by atoms with Crippen LogP contribution in [0.2, 0.25) is 0 Å². The van der Waals surface area contributed by atoms with Gasteiger partial charge in [-0.2, -0.15) is 0 Å². The van der Waals surface area contributed by atoms with Gasteiger partial charge in [0, 0.05) is 31.3 Å². The zero-order valence-electron chi connectivity index (χ0n) is 12.0. The van der Waals surface area contributed by atoms with E-state index in [2.05, 4.69) is 11.9 Å². The third-order valence-electron chi connectivity index (χ3n) is 3.60. The molecule has 2 rings (SSSR count). The zero-order valence-corrected chi connectivity index (χ0v) is 12.0. The summed E-state index contributed by atoms with van der Waals surface area (Å²) < 4.78 is 0. The first-order valence-electron chi connectivity index (χ1n) is 6.84. The molecule has 1 N–H and O–H groups in total. The quantitative estimate of drug-likeness (QED) is 0.658. The molecular formula is C16H20N2O2. The van der Waals surface area contributed by atoms with Crippen molar-refractivity contribution in [3.05, 3.63) is 42.0 Å². The van der Waals surface area contributed by atoms with Crippen molar-refractivity contribution in [2.45, 2.75) is 26.3 Å². The molecule has 4 nitrogen and oxygen atoms in total. The Balaban J connectivity index is 2.18. The van der Waals surface area contributed by atoms with Gasteiger partial charge < -0.3 is 10.2 Å². The summed E-state index contributed by atoms with van der Waals surface area (Å²) in [4.78, 5) is 25.5. The monoisotopic (exact) mass is 272 g/mol. The number of carbonyl (C=O) groups excluding carboxylic acids is 2. The first kappa shape index (κ1) is 14.5. The van der Waals surface area contributed by atoms with Crippen molar-refractivity contribution in [2.75, 3.05) is 18.0 Å². The summed E-state index contributed by atoms with van der Waals surface area (Å²) in [6.45, 7) is 8.35. The Morgan fingerprint density at radius 2 is 2.25 bits per heavy atom. The van der Waals surface area contributed by atoms with Crippen molar-refractivity contribution in [1.29, 1.82) is 0 Å². The molecule has 0 aromatic heterocycles.